The second kappa shape index (κ2) is 5.43. The fourth-order valence-corrected chi connectivity index (χ4v) is 1.66. The second-order valence-electron chi connectivity index (χ2n) is 3.00. The van der Waals surface area contributed by atoms with Crippen molar-refractivity contribution in [1.29, 1.82) is 0 Å². The standard InChI is InChI=1S/C8H16N2OS/c1-12-5-3-8(11)10-7-2-4-9-6-7/h7,9H,2-6H2,1H3,(H,10,11). The third kappa shape index (κ3) is 3.45. The van der Waals surface area contributed by atoms with Crippen molar-refractivity contribution >= 4 is 17.7 Å². The van der Waals surface area contributed by atoms with E-state index in [4.69, 9.17) is 0 Å². The number of hydrogen-bond donors (Lipinski definition) is 2. The molecule has 4 heteroatoms. The Labute approximate surface area is 77.7 Å². The van der Waals surface area contributed by atoms with Gasteiger partial charge in [0.1, 0.15) is 0 Å². The van der Waals surface area contributed by atoms with Gasteiger partial charge in [0.05, 0.1) is 0 Å². The molecule has 1 aliphatic heterocycles. The summed E-state index contributed by atoms with van der Waals surface area (Å²) in [6.07, 6.45) is 3.74. The second-order valence-corrected chi connectivity index (χ2v) is 3.99. The molecule has 1 fully saturated rings. The van der Waals surface area contributed by atoms with Gasteiger partial charge in [0, 0.05) is 24.8 Å². The van der Waals surface area contributed by atoms with Gasteiger partial charge in [0.15, 0.2) is 0 Å². The number of carbonyl (C=O) groups is 1. The van der Waals surface area contributed by atoms with Crippen LogP contribution in [0.1, 0.15) is 12.8 Å². The molecule has 0 aromatic carbocycles. The lowest BCUT2D eigenvalue weighted by atomic mass is 10.2. The van der Waals surface area contributed by atoms with Crippen molar-refractivity contribution in [1.82, 2.24) is 10.6 Å². The van der Waals surface area contributed by atoms with Crippen molar-refractivity contribution in [2.75, 3.05) is 25.1 Å². The van der Waals surface area contributed by atoms with E-state index < -0.39 is 0 Å². The summed E-state index contributed by atoms with van der Waals surface area (Å²) >= 11 is 1.71. The Hall–Kier alpha value is -0.220. The van der Waals surface area contributed by atoms with Gasteiger partial charge in [-0.25, -0.2) is 0 Å². The monoisotopic (exact) mass is 188 g/mol. The largest absolute Gasteiger partial charge is 0.352 e. The van der Waals surface area contributed by atoms with Crippen LogP contribution < -0.4 is 10.6 Å². The quantitative estimate of drug-likeness (QED) is 0.663. The first-order chi connectivity index (χ1) is 5.83. The van der Waals surface area contributed by atoms with Crippen LogP contribution in [-0.4, -0.2) is 37.0 Å². The van der Waals surface area contributed by atoms with Crippen LogP contribution >= 0.6 is 11.8 Å². The molecule has 3 nitrogen and oxygen atoms in total. The third-order valence-corrected chi connectivity index (χ3v) is 2.57. The highest BCUT2D eigenvalue weighted by molar-refractivity contribution is 7.98. The van der Waals surface area contributed by atoms with E-state index in [1.165, 1.54) is 0 Å². The van der Waals surface area contributed by atoms with E-state index in [2.05, 4.69) is 10.6 Å². The zero-order valence-electron chi connectivity index (χ0n) is 7.43. The molecule has 1 amide bonds. The first kappa shape index (κ1) is 9.86. The summed E-state index contributed by atoms with van der Waals surface area (Å²) in [5, 5.41) is 6.21. The molecule has 0 aromatic heterocycles. The van der Waals surface area contributed by atoms with Crippen LogP contribution in [0.2, 0.25) is 0 Å². The molecule has 0 bridgehead atoms. The molecule has 0 aliphatic carbocycles. The van der Waals surface area contributed by atoms with Gasteiger partial charge in [-0.2, -0.15) is 11.8 Å². The highest BCUT2D eigenvalue weighted by Gasteiger charge is 2.15. The first-order valence-electron chi connectivity index (χ1n) is 4.32. The Morgan fingerprint density at radius 1 is 1.75 bits per heavy atom. The van der Waals surface area contributed by atoms with Crippen molar-refractivity contribution in [2.24, 2.45) is 0 Å². The Balaban J connectivity index is 2.08. The molecule has 1 aliphatic rings. The molecule has 0 radical (unpaired) electrons. The lowest BCUT2D eigenvalue weighted by molar-refractivity contribution is -0.121. The zero-order valence-corrected chi connectivity index (χ0v) is 8.25. The predicted molar refractivity (Wildman–Crippen MR) is 52.4 cm³/mol. The molecule has 0 saturated carbocycles. The smallest absolute Gasteiger partial charge is 0.221 e. The van der Waals surface area contributed by atoms with E-state index in [1.807, 2.05) is 6.26 Å². The summed E-state index contributed by atoms with van der Waals surface area (Å²) in [6.45, 7) is 1.97. The van der Waals surface area contributed by atoms with Gasteiger partial charge in [0.2, 0.25) is 5.91 Å². The van der Waals surface area contributed by atoms with Crippen molar-refractivity contribution in [2.45, 2.75) is 18.9 Å². The van der Waals surface area contributed by atoms with E-state index >= 15 is 0 Å². The Kier molecular flexibility index (Phi) is 4.46. The predicted octanol–water partition coefficient (Wildman–Crippen LogP) is 0.218. The Morgan fingerprint density at radius 3 is 3.17 bits per heavy atom. The van der Waals surface area contributed by atoms with Crippen LogP contribution in [0.5, 0.6) is 0 Å². The normalized spacial score (nSPS) is 22.6. The molecule has 1 saturated heterocycles. The lowest BCUT2D eigenvalue weighted by Crippen LogP contribution is -2.36. The molecule has 12 heavy (non-hydrogen) atoms. The van der Waals surface area contributed by atoms with Crippen molar-refractivity contribution in [3.63, 3.8) is 0 Å². The van der Waals surface area contributed by atoms with E-state index in [0.29, 0.717) is 12.5 Å². The minimum atomic E-state index is 0.193. The molecular weight excluding hydrogens is 172 g/mol. The lowest BCUT2D eigenvalue weighted by Gasteiger charge is -2.10. The van der Waals surface area contributed by atoms with Gasteiger partial charge in [-0.3, -0.25) is 4.79 Å². The fourth-order valence-electron chi connectivity index (χ4n) is 1.27. The highest BCUT2D eigenvalue weighted by Crippen LogP contribution is 1.99. The number of hydrogen-bond acceptors (Lipinski definition) is 3. The number of thioether (sulfide) groups is 1. The molecule has 0 aromatic rings. The third-order valence-electron chi connectivity index (χ3n) is 1.96. The summed E-state index contributed by atoms with van der Waals surface area (Å²) < 4.78 is 0. The van der Waals surface area contributed by atoms with E-state index in [-0.39, 0.29) is 5.91 Å². The number of rotatable bonds is 4. The van der Waals surface area contributed by atoms with E-state index in [9.17, 15) is 4.79 Å². The maximum absolute atomic E-state index is 11.2. The summed E-state index contributed by atoms with van der Waals surface area (Å²) in [7, 11) is 0. The molecule has 1 atom stereocenters. The van der Waals surface area contributed by atoms with Crippen molar-refractivity contribution in [3.8, 4) is 0 Å². The van der Waals surface area contributed by atoms with Gasteiger partial charge in [0.25, 0.3) is 0 Å². The topological polar surface area (TPSA) is 41.1 Å². The molecule has 70 valence electrons. The van der Waals surface area contributed by atoms with Crippen molar-refractivity contribution in [3.05, 3.63) is 0 Å². The van der Waals surface area contributed by atoms with Gasteiger partial charge in [-0.1, -0.05) is 0 Å². The molecule has 1 unspecified atom stereocenters. The van der Waals surface area contributed by atoms with Crippen LogP contribution in [-0.2, 0) is 4.79 Å². The average molecular weight is 188 g/mol. The van der Waals surface area contributed by atoms with Gasteiger partial charge < -0.3 is 10.6 Å². The van der Waals surface area contributed by atoms with Gasteiger partial charge in [-0.05, 0) is 19.2 Å². The number of carbonyl (C=O) groups excluding carboxylic acids is 1. The maximum atomic E-state index is 11.2. The molecule has 0 spiro atoms. The average Bonchev–Trinajstić information content (AvgIpc) is 2.53. The molecule has 1 rings (SSSR count). The van der Waals surface area contributed by atoms with E-state index in [1.54, 1.807) is 11.8 Å². The number of amides is 1. The van der Waals surface area contributed by atoms with Crippen LogP contribution in [0, 0.1) is 0 Å². The maximum Gasteiger partial charge on any atom is 0.221 e. The van der Waals surface area contributed by atoms with Crippen LogP contribution in [0.4, 0.5) is 0 Å². The molecule has 2 N–H and O–H groups in total. The first-order valence-corrected chi connectivity index (χ1v) is 5.71. The fraction of sp³-hybridized carbons (Fsp3) is 0.875. The summed E-state index contributed by atoms with van der Waals surface area (Å²) in [5.74, 6) is 1.12. The summed E-state index contributed by atoms with van der Waals surface area (Å²) in [6, 6.07) is 0.374. The van der Waals surface area contributed by atoms with Crippen LogP contribution in [0.15, 0.2) is 0 Å². The molecule has 1 heterocycles. The Morgan fingerprint density at radius 2 is 2.58 bits per heavy atom. The summed E-state index contributed by atoms with van der Waals surface area (Å²) in [4.78, 5) is 11.2. The highest BCUT2D eigenvalue weighted by atomic mass is 32.2. The van der Waals surface area contributed by atoms with E-state index in [0.717, 1.165) is 25.3 Å². The van der Waals surface area contributed by atoms with Crippen molar-refractivity contribution < 1.29 is 4.79 Å². The molecular formula is C8H16N2OS. The minimum Gasteiger partial charge on any atom is -0.352 e. The van der Waals surface area contributed by atoms with Crippen LogP contribution in [0.25, 0.3) is 0 Å². The minimum absolute atomic E-state index is 0.193. The van der Waals surface area contributed by atoms with Gasteiger partial charge >= 0.3 is 0 Å². The zero-order chi connectivity index (χ0) is 8.81. The summed E-state index contributed by atoms with van der Waals surface area (Å²) in [5.41, 5.74) is 0. The number of nitrogens with one attached hydrogen (secondary N) is 2. The Bertz CT molecular complexity index is 146. The van der Waals surface area contributed by atoms with Crippen LogP contribution in [0.3, 0.4) is 0 Å². The SMILES string of the molecule is CSCCC(=O)NC1CCNC1. The van der Waals surface area contributed by atoms with Gasteiger partial charge in [-0.15, -0.1) is 0 Å².